The fourth-order valence-electron chi connectivity index (χ4n) is 3.40. The van der Waals surface area contributed by atoms with Crippen molar-refractivity contribution >= 4 is 50.7 Å². The third-order valence-corrected chi connectivity index (χ3v) is 5.85. The molecule has 7 nitrogen and oxygen atoms in total. The van der Waals surface area contributed by atoms with Gasteiger partial charge in [0.15, 0.2) is 5.65 Å². The van der Waals surface area contributed by atoms with Crippen molar-refractivity contribution in [2.75, 3.05) is 18.4 Å². The normalized spacial score (nSPS) is 10.9. The van der Waals surface area contributed by atoms with Crippen LogP contribution in [0.5, 0.6) is 0 Å². The van der Waals surface area contributed by atoms with Crippen LogP contribution in [0.3, 0.4) is 0 Å². The molecule has 0 radical (unpaired) electrons. The Morgan fingerprint density at radius 3 is 2.58 bits per heavy atom. The molecule has 2 aromatic heterocycles. The van der Waals surface area contributed by atoms with Gasteiger partial charge in [0.05, 0.1) is 16.4 Å². The number of halogens is 2. The number of carbonyl (C=O) groups is 2. The smallest absolute Gasteiger partial charge is 0.251 e. The quantitative estimate of drug-likeness (QED) is 0.323. The summed E-state index contributed by atoms with van der Waals surface area (Å²) in [6.07, 6.45) is 2.05. The lowest BCUT2D eigenvalue weighted by Gasteiger charge is -2.12. The minimum Gasteiger partial charge on any atom is -0.368 e. The van der Waals surface area contributed by atoms with E-state index in [2.05, 4.69) is 36.6 Å². The van der Waals surface area contributed by atoms with E-state index in [-0.39, 0.29) is 11.7 Å². The standard InChI is InChI=1S/C24H21BrClN5O2/c1-15(32)12-16-6-8-17(9-7-16)24(33)28-11-10-27-22-13-21(18-4-2-3-5-20(18)26)30-23-19(25)14-29-31(22)23/h2-9,13-14,27H,10-12H2,1H3,(H,28,33). The predicted molar refractivity (Wildman–Crippen MR) is 133 cm³/mol. The van der Waals surface area contributed by atoms with Gasteiger partial charge in [-0.3, -0.25) is 9.59 Å². The Morgan fingerprint density at radius 2 is 1.85 bits per heavy atom. The number of hydrogen-bond donors (Lipinski definition) is 2. The highest BCUT2D eigenvalue weighted by Crippen LogP contribution is 2.30. The van der Waals surface area contributed by atoms with Gasteiger partial charge in [0.1, 0.15) is 11.6 Å². The largest absolute Gasteiger partial charge is 0.368 e. The Labute approximate surface area is 204 Å². The van der Waals surface area contributed by atoms with E-state index in [1.807, 2.05) is 30.3 Å². The van der Waals surface area contributed by atoms with Crippen LogP contribution in [0.25, 0.3) is 16.9 Å². The highest BCUT2D eigenvalue weighted by atomic mass is 79.9. The number of fused-ring (bicyclic) bond motifs is 1. The van der Waals surface area contributed by atoms with E-state index in [0.29, 0.717) is 41.4 Å². The molecule has 1 amide bonds. The summed E-state index contributed by atoms with van der Waals surface area (Å²) in [7, 11) is 0. The van der Waals surface area contributed by atoms with Crippen LogP contribution in [0.2, 0.25) is 5.02 Å². The molecule has 0 saturated carbocycles. The molecule has 0 spiro atoms. The molecular formula is C24H21BrClN5O2. The molecule has 4 aromatic rings. The Bertz CT molecular complexity index is 1320. The molecule has 0 saturated heterocycles. The molecule has 9 heteroatoms. The van der Waals surface area contributed by atoms with Gasteiger partial charge in [0.2, 0.25) is 0 Å². The van der Waals surface area contributed by atoms with Crippen molar-refractivity contribution in [1.82, 2.24) is 19.9 Å². The van der Waals surface area contributed by atoms with Crippen LogP contribution in [0.1, 0.15) is 22.8 Å². The Balaban J connectivity index is 1.43. The highest BCUT2D eigenvalue weighted by molar-refractivity contribution is 9.10. The number of carbonyl (C=O) groups excluding carboxylic acids is 2. The third kappa shape index (κ3) is 5.40. The number of anilines is 1. The summed E-state index contributed by atoms with van der Waals surface area (Å²) < 4.78 is 2.46. The number of ketones is 1. The summed E-state index contributed by atoms with van der Waals surface area (Å²) >= 11 is 9.86. The summed E-state index contributed by atoms with van der Waals surface area (Å²) in [5.74, 6) is 0.637. The van der Waals surface area contributed by atoms with Crippen LogP contribution in [0, 0.1) is 0 Å². The van der Waals surface area contributed by atoms with E-state index < -0.39 is 0 Å². The van der Waals surface area contributed by atoms with Gasteiger partial charge in [-0.05, 0) is 46.6 Å². The first-order chi connectivity index (χ1) is 15.9. The van der Waals surface area contributed by atoms with Crippen molar-refractivity contribution in [2.45, 2.75) is 13.3 Å². The molecule has 4 rings (SSSR count). The van der Waals surface area contributed by atoms with Crippen LogP contribution >= 0.6 is 27.5 Å². The van der Waals surface area contributed by atoms with Crippen molar-refractivity contribution in [1.29, 1.82) is 0 Å². The van der Waals surface area contributed by atoms with Crippen molar-refractivity contribution < 1.29 is 9.59 Å². The predicted octanol–water partition coefficient (Wildman–Crippen LogP) is 4.79. The van der Waals surface area contributed by atoms with Gasteiger partial charge in [-0.25, -0.2) is 4.98 Å². The third-order valence-electron chi connectivity index (χ3n) is 4.96. The maximum atomic E-state index is 12.4. The number of benzene rings is 2. The molecule has 0 unspecified atom stereocenters. The van der Waals surface area contributed by atoms with Crippen LogP contribution < -0.4 is 10.6 Å². The van der Waals surface area contributed by atoms with Crippen LogP contribution in [0.4, 0.5) is 5.82 Å². The van der Waals surface area contributed by atoms with Gasteiger partial charge >= 0.3 is 0 Å². The first-order valence-electron chi connectivity index (χ1n) is 10.3. The lowest BCUT2D eigenvalue weighted by atomic mass is 10.1. The molecule has 0 aliphatic rings. The number of nitrogens with zero attached hydrogens (tertiary/aromatic N) is 3. The number of nitrogens with one attached hydrogen (secondary N) is 2. The highest BCUT2D eigenvalue weighted by Gasteiger charge is 2.13. The van der Waals surface area contributed by atoms with Gasteiger partial charge in [-0.1, -0.05) is 41.9 Å². The number of Topliss-reactive ketones (excluding diaryl/α,β-unsaturated/α-hetero) is 1. The van der Waals surface area contributed by atoms with Crippen molar-refractivity contribution in [3.63, 3.8) is 0 Å². The summed E-state index contributed by atoms with van der Waals surface area (Å²) in [5.41, 5.74) is 3.63. The second-order valence-corrected chi connectivity index (χ2v) is 8.75. The molecular weight excluding hydrogens is 506 g/mol. The first-order valence-corrected chi connectivity index (χ1v) is 11.5. The van der Waals surface area contributed by atoms with Gasteiger partial charge < -0.3 is 10.6 Å². The summed E-state index contributed by atoms with van der Waals surface area (Å²) in [5, 5.41) is 11.2. The summed E-state index contributed by atoms with van der Waals surface area (Å²) in [4.78, 5) is 28.3. The Hall–Kier alpha value is -3.23. The van der Waals surface area contributed by atoms with Crippen molar-refractivity contribution in [3.05, 3.63) is 81.4 Å². The van der Waals surface area contributed by atoms with Crippen molar-refractivity contribution in [3.8, 4) is 11.3 Å². The molecule has 0 aliphatic carbocycles. The van der Waals surface area contributed by atoms with E-state index in [1.54, 1.807) is 41.9 Å². The number of amides is 1. The van der Waals surface area contributed by atoms with Gasteiger partial charge in [-0.15, -0.1) is 0 Å². The topological polar surface area (TPSA) is 88.4 Å². The molecule has 2 heterocycles. The Morgan fingerprint density at radius 1 is 1.09 bits per heavy atom. The fraction of sp³-hybridized carbons (Fsp3) is 0.167. The maximum Gasteiger partial charge on any atom is 0.251 e. The zero-order valence-corrected chi connectivity index (χ0v) is 20.2. The Kier molecular flexibility index (Phi) is 7.05. The van der Waals surface area contributed by atoms with E-state index in [1.165, 1.54) is 0 Å². The molecule has 33 heavy (non-hydrogen) atoms. The lowest BCUT2D eigenvalue weighted by molar-refractivity contribution is -0.116. The molecule has 0 bridgehead atoms. The van der Waals surface area contributed by atoms with Gasteiger partial charge in [0, 0.05) is 41.7 Å². The second-order valence-electron chi connectivity index (χ2n) is 7.49. The number of aromatic nitrogens is 3. The molecule has 0 fully saturated rings. The van der Waals surface area contributed by atoms with Crippen LogP contribution in [-0.4, -0.2) is 39.4 Å². The summed E-state index contributed by atoms with van der Waals surface area (Å²) in [6.45, 7) is 2.43. The number of hydrogen-bond acceptors (Lipinski definition) is 5. The zero-order chi connectivity index (χ0) is 23.4. The van der Waals surface area contributed by atoms with Gasteiger partial charge in [-0.2, -0.15) is 9.61 Å². The molecule has 168 valence electrons. The summed E-state index contributed by atoms with van der Waals surface area (Å²) in [6, 6.07) is 16.5. The second kappa shape index (κ2) is 10.1. The van der Waals surface area contributed by atoms with E-state index in [4.69, 9.17) is 11.6 Å². The van der Waals surface area contributed by atoms with E-state index in [9.17, 15) is 9.59 Å². The van der Waals surface area contributed by atoms with Gasteiger partial charge in [0.25, 0.3) is 5.91 Å². The average molecular weight is 527 g/mol. The van der Waals surface area contributed by atoms with Crippen LogP contribution in [-0.2, 0) is 11.2 Å². The zero-order valence-electron chi connectivity index (χ0n) is 17.8. The molecule has 2 N–H and O–H groups in total. The minimum atomic E-state index is -0.176. The SMILES string of the molecule is CC(=O)Cc1ccc(C(=O)NCCNc2cc(-c3ccccc3Cl)nc3c(Br)cnn23)cc1. The molecule has 2 aromatic carbocycles. The lowest BCUT2D eigenvalue weighted by Crippen LogP contribution is -2.29. The van der Waals surface area contributed by atoms with Crippen LogP contribution in [0.15, 0.2) is 65.3 Å². The van der Waals surface area contributed by atoms with Crippen molar-refractivity contribution in [2.24, 2.45) is 0 Å². The average Bonchev–Trinajstić information content (AvgIpc) is 3.17. The van der Waals surface area contributed by atoms with E-state index >= 15 is 0 Å². The monoisotopic (exact) mass is 525 g/mol. The fourth-order valence-corrected chi connectivity index (χ4v) is 3.98. The molecule has 0 atom stereocenters. The van der Waals surface area contributed by atoms with E-state index in [0.717, 1.165) is 21.4 Å². The molecule has 0 aliphatic heterocycles. The maximum absolute atomic E-state index is 12.4. The first kappa shape index (κ1) is 22.9. The number of rotatable bonds is 8. The minimum absolute atomic E-state index is 0.0883.